The SMILES string of the molecule is CCN(CC)C(=O)C(O)(c1ccccc1)c1ccccc1. The zero-order valence-electron chi connectivity index (χ0n) is 12.5. The quantitative estimate of drug-likeness (QED) is 0.916. The molecule has 0 saturated carbocycles. The molecule has 21 heavy (non-hydrogen) atoms. The Morgan fingerprint density at radius 1 is 0.905 bits per heavy atom. The fourth-order valence-corrected chi connectivity index (χ4v) is 2.51. The Morgan fingerprint density at radius 2 is 1.29 bits per heavy atom. The summed E-state index contributed by atoms with van der Waals surface area (Å²) in [5.41, 5.74) is -0.463. The molecule has 0 bridgehead atoms. The number of hydrogen-bond acceptors (Lipinski definition) is 2. The van der Waals surface area contributed by atoms with Crippen molar-refractivity contribution in [1.82, 2.24) is 4.90 Å². The van der Waals surface area contributed by atoms with Crippen LogP contribution in [0.1, 0.15) is 25.0 Å². The van der Waals surface area contributed by atoms with E-state index in [1.165, 1.54) is 0 Å². The van der Waals surface area contributed by atoms with E-state index in [0.717, 1.165) is 0 Å². The van der Waals surface area contributed by atoms with Crippen LogP contribution in [0.25, 0.3) is 0 Å². The molecule has 0 atom stereocenters. The molecule has 0 aliphatic heterocycles. The van der Waals surface area contributed by atoms with Crippen LogP contribution in [0.5, 0.6) is 0 Å². The maximum Gasteiger partial charge on any atom is 0.263 e. The van der Waals surface area contributed by atoms with Gasteiger partial charge in [-0.2, -0.15) is 0 Å². The van der Waals surface area contributed by atoms with E-state index in [4.69, 9.17) is 0 Å². The fraction of sp³-hybridized carbons (Fsp3) is 0.278. The lowest BCUT2D eigenvalue weighted by Gasteiger charge is -2.33. The van der Waals surface area contributed by atoms with Gasteiger partial charge in [0.1, 0.15) is 0 Å². The fourth-order valence-electron chi connectivity index (χ4n) is 2.51. The Labute approximate surface area is 125 Å². The zero-order chi connectivity index (χ0) is 15.3. The van der Waals surface area contributed by atoms with E-state index in [0.29, 0.717) is 24.2 Å². The van der Waals surface area contributed by atoms with E-state index in [9.17, 15) is 9.90 Å². The maximum absolute atomic E-state index is 12.9. The molecule has 3 heteroatoms. The third kappa shape index (κ3) is 2.83. The van der Waals surface area contributed by atoms with E-state index in [1.54, 1.807) is 29.2 Å². The molecule has 0 spiro atoms. The Kier molecular flexibility index (Phi) is 4.76. The third-order valence-corrected chi connectivity index (χ3v) is 3.74. The van der Waals surface area contributed by atoms with Crippen molar-refractivity contribution in [3.05, 3.63) is 71.8 Å². The summed E-state index contributed by atoms with van der Waals surface area (Å²) in [6.45, 7) is 4.96. The first-order valence-corrected chi connectivity index (χ1v) is 7.27. The first-order valence-electron chi connectivity index (χ1n) is 7.27. The number of carbonyl (C=O) groups excluding carboxylic acids is 1. The van der Waals surface area contributed by atoms with Crippen LogP contribution in [0, 0.1) is 0 Å². The summed E-state index contributed by atoms with van der Waals surface area (Å²) >= 11 is 0. The molecule has 0 saturated heterocycles. The monoisotopic (exact) mass is 283 g/mol. The molecule has 1 amide bonds. The van der Waals surface area contributed by atoms with Gasteiger partial charge in [-0.1, -0.05) is 60.7 Å². The molecule has 3 nitrogen and oxygen atoms in total. The van der Waals surface area contributed by atoms with Crippen molar-refractivity contribution in [3.63, 3.8) is 0 Å². The number of hydrogen-bond donors (Lipinski definition) is 1. The molecule has 0 aliphatic rings. The molecule has 0 aliphatic carbocycles. The number of aliphatic hydroxyl groups is 1. The summed E-state index contributed by atoms with van der Waals surface area (Å²) in [5.74, 6) is -0.287. The van der Waals surface area contributed by atoms with Crippen LogP contribution < -0.4 is 0 Å². The molecule has 2 rings (SSSR count). The topological polar surface area (TPSA) is 40.5 Å². The number of rotatable bonds is 5. The highest BCUT2D eigenvalue weighted by atomic mass is 16.3. The average molecular weight is 283 g/mol. The summed E-state index contributed by atoms with van der Waals surface area (Å²) in [6.07, 6.45) is 0. The molecule has 1 N–H and O–H groups in total. The van der Waals surface area contributed by atoms with Gasteiger partial charge in [-0.05, 0) is 25.0 Å². The maximum atomic E-state index is 12.9. The van der Waals surface area contributed by atoms with Gasteiger partial charge in [0.2, 0.25) is 0 Å². The van der Waals surface area contributed by atoms with Gasteiger partial charge in [-0.3, -0.25) is 4.79 Å². The van der Waals surface area contributed by atoms with Gasteiger partial charge >= 0.3 is 0 Å². The summed E-state index contributed by atoms with van der Waals surface area (Å²) in [6, 6.07) is 18.2. The van der Waals surface area contributed by atoms with Crippen molar-refractivity contribution in [2.24, 2.45) is 0 Å². The van der Waals surface area contributed by atoms with Gasteiger partial charge in [0.15, 0.2) is 5.60 Å². The van der Waals surface area contributed by atoms with E-state index >= 15 is 0 Å². The number of benzene rings is 2. The normalized spacial score (nSPS) is 11.2. The smallest absolute Gasteiger partial charge is 0.263 e. The van der Waals surface area contributed by atoms with Gasteiger partial charge in [-0.25, -0.2) is 0 Å². The minimum absolute atomic E-state index is 0.287. The van der Waals surface area contributed by atoms with Crippen LogP contribution in [0.15, 0.2) is 60.7 Å². The third-order valence-electron chi connectivity index (χ3n) is 3.74. The lowest BCUT2D eigenvalue weighted by molar-refractivity contribution is -0.147. The second-order valence-corrected chi connectivity index (χ2v) is 4.92. The van der Waals surface area contributed by atoms with E-state index < -0.39 is 5.60 Å². The van der Waals surface area contributed by atoms with E-state index in [1.807, 2.05) is 50.2 Å². The Bertz CT molecular complexity index is 537. The molecule has 2 aromatic rings. The first-order chi connectivity index (χ1) is 10.1. The second kappa shape index (κ2) is 6.55. The molecule has 0 heterocycles. The molecular weight excluding hydrogens is 262 g/mol. The molecule has 0 fully saturated rings. The largest absolute Gasteiger partial charge is 0.372 e. The van der Waals surface area contributed by atoms with Gasteiger partial charge in [0.05, 0.1) is 0 Å². The Morgan fingerprint density at radius 3 is 1.62 bits per heavy atom. The summed E-state index contributed by atoms with van der Waals surface area (Å²) in [7, 11) is 0. The van der Waals surface area contributed by atoms with Gasteiger partial charge in [0.25, 0.3) is 5.91 Å². The second-order valence-electron chi connectivity index (χ2n) is 4.92. The molecule has 0 radical (unpaired) electrons. The van der Waals surface area contributed by atoms with Crippen molar-refractivity contribution in [3.8, 4) is 0 Å². The highest BCUT2D eigenvalue weighted by Crippen LogP contribution is 2.31. The number of amides is 1. The Balaban J connectivity index is 2.57. The predicted molar refractivity (Wildman–Crippen MR) is 83.8 cm³/mol. The highest BCUT2D eigenvalue weighted by Gasteiger charge is 2.41. The number of likely N-dealkylation sites (N-methyl/N-ethyl adjacent to an activating group) is 1. The molecular formula is C18H21NO2. The van der Waals surface area contributed by atoms with Crippen molar-refractivity contribution in [1.29, 1.82) is 0 Å². The summed E-state index contributed by atoms with van der Waals surface area (Å²) < 4.78 is 0. The van der Waals surface area contributed by atoms with Crippen molar-refractivity contribution < 1.29 is 9.90 Å². The van der Waals surface area contributed by atoms with Crippen LogP contribution >= 0.6 is 0 Å². The lowest BCUT2D eigenvalue weighted by atomic mass is 9.85. The van der Waals surface area contributed by atoms with Crippen molar-refractivity contribution in [2.75, 3.05) is 13.1 Å². The minimum atomic E-state index is -1.64. The predicted octanol–water partition coefficient (Wildman–Crippen LogP) is 2.79. The lowest BCUT2D eigenvalue weighted by Crippen LogP contribution is -2.47. The highest BCUT2D eigenvalue weighted by molar-refractivity contribution is 5.90. The molecule has 0 aromatic heterocycles. The van der Waals surface area contributed by atoms with Gasteiger partial charge < -0.3 is 10.0 Å². The van der Waals surface area contributed by atoms with Crippen molar-refractivity contribution >= 4 is 5.91 Å². The minimum Gasteiger partial charge on any atom is -0.372 e. The summed E-state index contributed by atoms with van der Waals surface area (Å²) in [5, 5.41) is 11.3. The Hall–Kier alpha value is -2.13. The van der Waals surface area contributed by atoms with Crippen LogP contribution in [0.2, 0.25) is 0 Å². The van der Waals surface area contributed by atoms with Crippen LogP contribution in [-0.2, 0) is 10.4 Å². The van der Waals surface area contributed by atoms with E-state index in [2.05, 4.69) is 0 Å². The van der Waals surface area contributed by atoms with Crippen LogP contribution in [0.4, 0.5) is 0 Å². The molecule has 0 unspecified atom stereocenters. The average Bonchev–Trinajstić information content (AvgIpc) is 2.56. The van der Waals surface area contributed by atoms with Gasteiger partial charge in [0, 0.05) is 13.1 Å². The number of carbonyl (C=O) groups is 1. The standard InChI is InChI=1S/C18H21NO2/c1-3-19(4-2)17(20)18(21,15-11-7-5-8-12-15)16-13-9-6-10-14-16/h5-14,21H,3-4H2,1-2H3. The van der Waals surface area contributed by atoms with Crippen molar-refractivity contribution in [2.45, 2.75) is 19.4 Å². The first kappa shape index (κ1) is 15.3. The molecule has 110 valence electrons. The molecule has 2 aromatic carbocycles. The van der Waals surface area contributed by atoms with Crippen LogP contribution in [-0.4, -0.2) is 29.0 Å². The number of nitrogens with zero attached hydrogens (tertiary/aromatic N) is 1. The van der Waals surface area contributed by atoms with E-state index in [-0.39, 0.29) is 5.91 Å². The zero-order valence-corrected chi connectivity index (χ0v) is 12.5. The summed E-state index contributed by atoms with van der Waals surface area (Å²) in [4.78, 5) is 14.6. The van der Waals surface area contributed by atoms with Gasteiger partial charge in [-0.15, -0.1) is 0 Å². The van der Waals surface area contributed by atoms with Crippen LogP contribution in [0.3, 0.4) is 0 Å².